The Hall–Kier alpha value is -0.900. The summed E-state index contributed by atoms with van der Waals surface area (Å²) in [6, 6.07) is 9.72. The van der Waals surface area contributed by atoms with Gasteiger partial charge in [0.25, 0.3) is 0 Å². The molecular weight excluding hydrogens is 246 g/mol. The van der Waals surface area contributed by atoms with Gasteiger partial charge in [0.2, 0.25) is 0 Å². The highest BCUT2D eigenvalue weighted by molar-refractivity contribution is 5.23. The molecule has 0 aliphatic carbocycles. The summed E-state index contributed by atoms with van der Waals surface area (Å²) in [6.45, 7) is 11.4. The van der Waals surface area contributed by atoms with Crippen LogP contribution in [0.3, 0.4) is 0 Å². The third-order valence-electron chi connectivity index (χ3n) is 4.35. The third-order valence-corrected chi connectivity index (χ3v) is 4.35. The fraction of sp³-hybridized carbons (Fsp3) is 0.647. The van der Waals surface area contributed by atoms with Crippen LogP contribution in [0.25, 0.3) is 0 Å². The van der Waals surface area contributed by atoms with E-state index in [-0.39, 0.29) is 0 Å². The Kier molecular flexibility index (Phi) is 6.02. The maximum Gasteiger partial charge on any atom is 0.0235 e. The first-order chi connectivity index (χ1) is 9.76. The minimum absolute atomic E-state index is 0.755. The average molecular weight is 275 g/mol. The van der Waals surface area contributed by atoms with Crippen molar-refractivity contribution in [3.63, 3.8) is 0 Å². The van der Waals surface area contributed by atoms with E-state index in [9.17, 15) is 0 Å². The zero-order valence-electron chi connectivity index (χ0n) is 13.2. The molecule has 1 N–H and O–H groups in total. The van der Waals surface area contributed by atoms with Crippen molar-refractivity contribution < 1.29 is 0 Å². The third kappa shape index (κ3) is 4.05. The molecule has 1 atom stereocenters. The number of benzene rings is 1. The predicted molar refractivity (Wildman–Crippen MR) is 85.8 cm³/mol. The summed E-state index contributed by atoms with van der Waals surface area (Å²) < 4.78 is 0. The zero-order chi connectivity index (χ0) is 14.4. The topological polar surface area (TPSA) is 18.5 Å². The van der Waals surface area contributed by atoms with Crippen LogP contribution < -0.4 is 5.32 Å². The lowest BCUT2D eigenvalue weighted by Crippen LogP contribution is -2.37. The van der Waals surface area contributed by atoms with Gasteiger partial charge in [0, 0.05) is 32.2 Å². The van der Waals surface area contributed by atoms with E-state index < -0.39 is 0 Å². The molecule has 0 bridgehead atoms. The molecule has 0 aromatic heterocycles. The Labute approximate surface area is 124 Å². The molecule has 1 unspecified atom stereocenters. The molecule has 0 radical (unpaired) electrons. The van der Waals surface area contributed by atoms with Crippen LogP contribution in [0.2, 0.25) is 0 Å². The fourth-order valence-electron chi connectivity index (χ4n) is 3.29. The van der Waals surface area contributed by atoms with Crippen molar-refractivity contribution in [1.82, 2.24) is 15.1 Å². The second-order valence-electron chi connectivity index (χ2n) is 5.75. The second-order valence-corrected chi connectivity index (χ2v) is 5.75. The van der Waals surface area contributed by atoms with Gasteiger partial charge in [-0.15, -0.1) is 0 Å². The number of hydrogen-bond donors (Lipinski definition) is 1. The maximum atomic E-state index is 3.22. The van der Waals surface area contributed by atoms with E-state index in [0.29, 0.717) is 0 Å². The van der Waals surface area contributed by atoms with Crippen LogP contribution in [0.15, 0.2) is 24.3 Å². The van der Waals surface area contributed by atoms with Crippen molar-refractivity contribution in [2.75, 3.05) is 33.2 Å². The first kappa shape index (κ1) is 15.5. The summed E-state index contributed by atoms with van der Waals surface area (Å²) in [5, 5.41) is 3.22. The molecule has 1 aliphatic rings. The highest BCUT2D eigenvalue weighted by atomic mass is 15.2. The lowest BCUT2D eigenvalue weighted by atomic mass is 10.1. The normalized spacial score (nSPS) is 19.9. The second kappa shape index (κ2) is 7.77. The van der Waals surface area contributed by atoms with Crippen LogP contribution in [0.1, 0.15) is 31.4 Å². The van der Waals surface area contributed by atoms with Crippen LogP contribution >= 0.6 is 0 Å². The lowest BCUT2D eigenvalue weighted by Gasteiger charge is -2.26. The predicted octanol–water partition coefficient (Wildman–Crippen LogP) is 2.32. The summed E-state index contributed by atoms with van der Waals surface area (Å²) in [7, 11) is 2.00. The molecule has 0 spiro atoms. The first-order valence-corrected chi connectivity index (χ1v) is 7.95. The van der Waals surface area contributed by atoms with Crippen LogP contribution in [0.4, 0.5) is 0 Å². The van der Waals surface area contributed by atoms with Crippen molar-refractivity contribution >= 4 is 0 Å². The number of rotatable bonds is 7. The van der Waals surface area contributed by atoms with Crippen LogP contribution in [0, 0.1) is 0 Å². The van der Waals surface area contributed by atoms with Crippen LogP contribution in [-0.2, 0) is 13.1 Å². The van der Waals surface area contributed by atoms with Gasteiger partial charge in [-0.2, -0.15) is 0 Å². The Morgan fingerprint density at radius 1 is 1.25 bits per heavy atom. The molecule has 1 aromatic rings. The van der Waals surface area contributed by atoms with Gasteiger partial charge < -0.3 is 5.32 Å². The Bertz CT molecular complexity index is 401. The molecule has 20 heavy (non-hydrogen) atoms. The van der Waals surface area contributed by atoms with E-state index in [1.165, 1.54) is 43.7 Å². The first-order valence-electron chi connectivity index (χ1n) is 7.95. The van der Waals surface area contributed by atoms with E-state index >= 15 is 0 Å². The van der Waals surface area contributed by atoms with E-state index in [1.807, 2.05) is 7.05 Å². The summed E-state index contributed by atoms with van der Waals surface area (Å²) in [6.07, 6.45) is 1.32. The minimum Gasteiger partial charge on any atom is -0.316 e. The molecular formula is C17H29N3. The van der Waals surface area contributed by atoms with Crippen molar-refractivity contribution in [2.24, 2.45) is 0 Å². The average Bonchev–Trinajstić information content (AvgIpc) is 2.89. The maximum absolute atomic E-state index is 3.22. The number of nitrogens with zero attached hydrogens (tertiary/aromatic N) is 2. The van der Waals surface area contributed by atoms with Gasteiger partial charge in [0.05, 0.1) is 0 Å². The number of nitrogens with one attached hydrogen (secondary N) is 1. The lowest BCUT2D eigenvalue weighted by molar-refractivity contribution is 0.209. The molecule has 1 heterocycles. The van der Waals surface area contributed by atoms with E-state index in [2.05, 4.69) is 53.2 Å². The van der Waals surface area contributed by atoms with Gasteiger partial charge in [-0.25, -0.2) is 0 Å². The van der Waals surface area contributed by atoms with Crippen molar-refractivity contribution in [3.8, 4) is 0 Å². The van der Waals surface area contributed by atoms with Gasteiger partial charge in [-0.05, 0) is 37.7 Å². The van der Waals surface area contributed by atoms with E-state index in [0.717, 1.165) is 19.1 Å². The summed E-state index contributed by atoms with van der Waals surface area (Å²) in [5.41, 5.74) is 2.82. The van der Waals surface area contributed by atoms with Gasteiger partial charge in [0.15, 0.2) is 0 Å². The van der Waals surface area contributed by atoms with E-state index in [1.54, 1.807) is 0 Å². The van der Waals surface area contributed by atoms with Crippen molar-refractivity contribution in [3.05, 3.63) is 35.4 Å². The number of likely N-dealkylation sites (tertiary alicyclic amines) is 1. The molecule has 2 rings (SSSR count). The van der Waals surface area contributed by atoms with E-state index in [4.69, 9.17) is 0 Å². The minimum atomic E-state index is 0.755. The van der Waals surface area contributed by atoms with Gasteiger partial charge in [0.1, 0.15) is 0 Å². The summed E-state index contributed by atoms with van der Waals surface area (Å²) in [4.78, 5) is 5.19. The molecule has 3 heteroatoms. The molecule has 1 aliphatic heterocycles. The standard InChI is InChI=1S/C17H29N3/c1-4-20(5-2)17-9-10-19(14-17)13-16-8-6-7-15(11-16)12-18-3/h6-8,11,17-18H,4-5,9-10,12-14H2,1-3H3. The van der Waals surface area contributed by atoms with Crippen LogP contribution in [0.5, 0.6) is 0 Å². The zero-order valence-corrected chi connectivity index (χ0v) is 13.2. The fourth-order valence-corrected chi connectivity index (χ4v) is 3.29. The van der Waals surface area contributed by atoms with Crippen LogP contribution in [-0.4, -0.2) is 49.1 Å². The molecule has 112 valence electrons. The number of likely N-dealkylation sites (N-methyl/N-ethyl adjacent to an activating group) is 1. The molecule has 0 saturated carbocycles. The van der Waals surface area contributed by atoms with Gasteiger partial charge >= 0.3 is 0 Å². The van der Waals surface area contributed by atoms with Crippen molar-refractivity contribution in [1.29, 1.82) is 0 Å². The Morgan fingerprint density at radius 3 is 2.70 bits per heavy atom. The SMILES string of the molecule is CCN(CC)C1CCN(Cc2cccc(CNC)c2)C1. The summed E-state index contributed by atoms with van der Waals surface area (Å²) in [5.74, 6) is 0. The number of hydrogen-bond acceptors (Lipinski definition) is 3. The molecule has 1 aromatic carbocycles. The molecule has 1 saturated heterocycles. The molecule has 1 fully saturated rings. The molecule has 0 amide bonds. The van der Waals surface area contributed by atoms with Crippen molar-refractivity contribution in [2.45, 2.75) is 39.4 Å². The highest BCUT2D eigenvalue weighted by Gasteiger charge is 2.25. The monoisotopic (exact) mass is 275 g/mol. The largest absolute Gasteiger partial charge is 0.316 e. The van der Waals surface area contributed by atoms with Gasteiger partial charge in [-0.1, -0.05) is 38.1 Å². The summed E-state index contributed by atoms with van der Waals surface area (Å²) >= 11 is 0. The Morgan fingerprint density at radius 2 is 2.00 bits per heavy atom. The molecule has 3 nitrogen and oxygen atoms in total. The Balaban J connectivity index is 1.90. The smallest absolute Gasteiger partial charge is 0.0235 e. The van der Waals surface area contributed by atoms with Gasteiger partial charge in [-0.3, -0.25) is 9.80 Å². The highest BCUT2D eigenvalue weighted by Crippen LogP contribution is 2.18. The quantitative estimate of drug-likeness (QED) is 0.824.